The molecule has 1 aromatic rings. The Morgan fingerprint density at radius 1 is 1.29 bits per heavy atom. The van der Waals surface area contributed by atoms with Crippen molar-refractivity contribution in [3.05, 3.63) is 33.0 Å². The van der Waals surface area contributed by atoms with Gasteiger partial charge in [-0.3, -0.25) is 9.59 Å². The number of hydrogen-bond acceptors (Lipinski definition) is 4. The molecule has 1 aromatic heterocycles. The highest BCUT2D eigenvalue weighted by Crippen LogP contribution is 2.28. The molecule has 0 bridgehead atoms. The van der Waals surface area contributed by atoms with Crippen molar-refractivity contribution in [3.63, 3.8) is 0 Å². The fraction of sp³-hybridized carbons (Fsp3) is 0.529. The largest absolute Gasteiger partial charge is 0.374 e. The summed E-state index contributed by atoms with van der Waals surface area (Å²) >= 11 is 7.30. The van der Waals surface area contributed by atoms with Gasteiger partial charge in [0.15, 0.2) is 0 Å². The van der Waals surface area contributed by atoms with Crippen molar-refractivity contribution in [2.24, 2.45) is 0 Å². The van der Waals surface area contributed by atoms with E-state index in [2.05, 4.69) is 16.7 Å². The van der Waals surface area contributed by atoms with E-state index >= 15 is 0 Å². The van der Waals surface area contributed by atoms with E-state index in [1.807, 2.05) is 6.07 Å². The Balaban J connectivity index is 1.70. The molecule has 0 fully saturated rings. The number of carbonyl (C=O) groups excluding carboxylic acids is 2. The van der Waals surface area contributed by atoms with Crippen LogP contribution in [0.1, 0.15) is 43.1 Å². The van der Waals surface area contributed by atoms with Gasteiger partial charge in [-0.15, -0.1) is 11.3 Å². The predicted octanol–water partition coefficient (Wildman–Crippen LogP) is 3.21. The van der Waals surface area contributed by atoms with Gasteiger partial charge in [0.05, 0.1) is 4.34 Å². The first-order chi connectivity index (χ1) is 11.6. The molecule has 1 atom stereocenters. The molecule has 1 aliphatic rings. The molecule has 0 aromatic carbocycles. The summed E-state index contributed by atoms with van der Waals surface area (Å²) in [6.07, 6.45) is 7.42. The zero-order valence-electron chi connectivity index (χ0n) is 13.8. The fourth-order valence-electron chi connectivity index (χ4n) is 2.62. The molecule has 24 heavy (non-hydrogen) atoms. The van der Waals surface area contributed by atoms with E-state index in [-0.39, 0.29) is 12.6 Å². The first kappa shape index (κ1) is 19.0. The minimum absolute atomic E-state index is 0.227. The molecular weight excluding hydrogens is 348 g/mol. The van der Waals surface area contributed by atoms with Crippen molar-refractivity contribution in [2.45, 2.75) is 38.2 Å². The summed E-state index contributed by atoms with van der Waals surface area (Å²) in [6, 6.07) is 3.63. The number of carbonyl (C=O) groups is 2. The summed E-state index contributed by atoms with van der Waals surface area (Å²) in [6.45, 7) is 0.719. The second kappa shape index (κ2) is 9.81. The molecule has 1 aliphatic carbocycles. The molecular formula is C17H23ClN2O3S. The number of methoxy groups -OCH3 is 1. The zero-order chi connectivity index (χ0) is 17.4. The Bertz CT molecular complexity index is 600. The van der Waals surface area contributed by atoms with E-state index in [1.54, 1.807) is 13.2 Å². The van der Waals surface area contributed by atoms with Crippen LogP contribution in [0.3, 0.4) is 0 Å². The second-order valence-corrected chi connectivity index (χ2v) is 7.44. The Morgan fingerprint density at radius 3 is 2.71 bits per heavy atom. The molecule has 2 rings (SSSR count). The van der Waals surface area contributed by atoms with Gasteiger partial charge >= 0.3 is 11.8 Å². The fourth-order valence-corrected chi connectivity index (χ4v) is 3.75. The summed E-state index contributed by atoms with van der Waals surface area (Å²) in [5.74, 6) is -1.25. The number of halogens is 1. The van der Waals surface area contributed by atoms with Crippen LogP contribution in [0, 0.1) is 0 Å². The smallest absolute Gasteiger partial charge is 0.309 e. The highest BCUT2D eigenvalue weighted by Gasteiger charge is 2.18. The van der Waals surface area contributed by atoms with Crippen molar-refractivity contribution in [2.75, 3.05) is 20.2 Å². The van der Waals surface area contributed by atoms with Crippen LogP contribution < -0.4 is 10.6 Å². The minimum atomic E-state index is -0.641. The lowest BCUT2D eigenvalue weighted by atomic mass is 9.97. The van der Waals surface area contributed by atoms with Crippen molar-refractivity contribution in [1.82, 2.24) is 10.6 Å². The standard InChI is InChI=1S/C17H23ClN2O3S/c1-23-13(14-7-8-15(18)24-14)11-20-17(22)16(21)19-10-9-12-5-3-2-4-6-12/h5,7-8,13H,2-4,6,9-11H2,1H3,(H,19,21)(H,20,22)/t13-/m0/s1. The summed E-state index contributed by atoms with van der Waals surface area (Å²) in [7, 11) is 1.56. The van der Waals surface area contributed by atoms with Crippen LogP contribution in [0.2, 0.25) is 4.34 Å². The number of rotatable bonds is 7. The molecule has 2 amide bonds. The van der Waals surface area contributed by atoms with Crippen LogP contribution in [-0.4, -0.2) is 32.0 Å². The molecule has 0 spiro atoms. The van der Waals surface area contributed by atoms with Gasteiger partial charge in [-0.25, -0.2) is 0 Å². The number of amides is 2. The molecule has 0 radical (unpaired) electrons. The van der Waals surface area contributed by atoms with Gasteiger partial charge in [-0.1, -0.05) is 23.3 Å². The monoisotopic (exact) mass is 370 g/mol. The molecule has 0 unspecified atom stereocenters. The Morgan fingerprint density at radius 2 is 2.08 bits per heavy atom. The molecule has 1 heterocycles. The van der Waals surface area contributed by atoms with E-state index in [1.165, 1.54) is 29.8 Å². The van der Waals surface area contributed by atoms with E-state index in [0.717, 1.165) is 24.1 Å². The maximum absolute atomic E-state index is 11.9. The third kappa shape index (κ3) is 5.92. The van der Waals surface area contributed by atoms with E-state index < -0.39 is 11.8 Å². The third-order valence-corrected chi connectivity index (χ3v) is 5.29. The van der Waals surface area contributed by atoms with Gasteiger partial charge < -0.3 is 15.4 Å². The summed E-state index contributed by atoms with van der Waals surface area (Å²) < 4.78 is 6.00. The van der Waals surface area contributed by atoms with Crippen LogP contribution in [0.15, 0.2) is 23.8 Å². The third-order valence-electron chi connectivity index (χ3n) is 3.97. The zero-order valence-corrected chi connectivity index (χ0v) is 15.3. The highest BCUT2D eigenvalue weighted by atomic mass is 35.5. The number of thiophene rings is 1. The molecule has 0 aliphatic heterocycles. The number of allylic oxidation sites excluding steroid dienone is 1. The quantitative estimate of drug-likeness (QED) is 0.572. The van der Waals surface area contributed by atoms with Crippen LogP contribution in [0.4, 0.5) is 0 Å². The minimum Gasteiger partial charge on any atom is -0.374 e. The lowest BCUT2D eigenvalue weighted by Gasteiger charge is -2.15. The SMILES string of the molecule is CO[C@@H](CNC(=O)C(=O)NCCC1=CCCCC1)c1ccc(Cl)s1. The van der Waals surface area contributed by atoms with Gasteiger partial charge in [-0.05, 0) is 44.2 Å². The Kier molecular flexibility index (Phi) is 7.75. The van der Waals surface area contributed by atoms with Crippen molar-refractivity contribution < 1.29 is 14.3 Å². The highest BCUT2D eigenvalue weighted by molar-refractivity contribution is 7.16. The summed E-state index contributed by atoms with van der Waals surface area (Å²) in [4.78, 5) is 24.6. The molecule has 5 nitrogen and oxygen atoms in total. The van der Waals surface area contributed by atoms with Crippen LogP contribution in [0.25, 0.3) is 0 Å². The van der Waals surface area contributed by atoms with E-state index in [0.29, 0.717) is 10.9 Å². The lowest BCUT2D eigenvalue weighted by Crippen LogP contribution is -2.41. The van der Waals surface area contributed by atoms with Crippen molar-refractivity contribution in [3.8, 4) is 0 Å². The van der Waals surface area contributed by atoms with Crippen molar-refractivity contribution in [1.29, 1.82) is 0 Å². The van der Waals surface area contributed by atoms with Gasteiger partial charge in [0.2, 0.25) is 0 Å². The number of nitrogens with one attached hydrogen (secondary N) is 2. The second-order valence-electron chi connectivity index (χ2n) is 5.69. The number of hydrogen-bond donors (Lipinski definition) is 2. The van der Waals surface area contributed by atoms with E-state index in [4.69, 9.17) is 16.3 Å². The van der Waals surface area contributed by atoms with Crippen molar-refractivity contribution >= 4 is 34.8 Å². The molecule has 2 N–H and O–H groups in total. The normalized spacial score (nSPS) is 15.5. The molecule has 0 saturated carbocycles. The van der Waals surface area contributed by atoms with Gasteiger partial charge in [0.1, 0.15) is 6.10 Å². The van der Waals surface area contributed by atoms with Gasteiger partial charge in [-0.2, -0.15) is 0 Å². The first-order valence-electron chi connectivity index (χ1n) is 8.12. The summed E-state index contributed by atoms with van der Waals surface area (Å²) in [5.41, 5.74) is 1.37. The Hall–Kier alpha value is -1.37. The predicted molar refractivity (Wildman–Crippen MR) is 96.3 cm³/mol. The molecule has 7 heteroatoms. The number of ether oxygens (including phenoxy) is 1. The molecule has 132 valence electrons. The molecule has 0 saturated heterocycles. The average molecular weight is 371 g/mol. The first-order valence-corrected chi connectivity index (χ1v) is 9.31. The van der Waals surface area contributed by atoms with Gasteiger partial charge in [0.25, 0.3) is 0 Å². The Labute approximate surface area is 151 Å². The lowest BCUT2D eigenvalue weighted by molar-refractivity contribution is -0.139. The van der Waals surface area contributed by atoms with Crippen LogP contribution >= 0.6 is 22.9 Å². The summed E-state index contributed by atoms with van der Waals surface area (Å²) in [5, 5.41) is 5.27. The maximum atomic E-state index is 11.9. The van der Waals surface area contributed by atoms with Gasteiger partial charge in [0, 0.05) is 25.1 Å². The van der Waals surface area contributed by atoms with Crippen LogP contribution in [0.5, 0.6) is 0 Å². The maximum Gasteiger partial charge on any atom is 0.309 e. The van der Waals surface area contributed by atoms with Crippen LogP contribution in [-0.2, 0) is 14.3 Å². The van der Waals surface area contributed by atoms with E-state index in [9.17, 15) is 9.59 Å². The average Bonchev–Trinajstić information content (AvgIpc) is 3.02. The topological polar surface area (TPSA) is 67.4 Å².